The number of hydrogen-bond donors (Lipinski definition) is 1. The molecule has 2 rings (SSSR count). The standard InChI is InChI=1S/C20H34N6O4/c1-6-30-20(27)16-7-10-24(11-8-16)19-17(26(28)29)18(22-13-23-19)21-9-12-25(14(2)3)15(4)5/h13-16H,6-12H2,1-5H3,(H,21,22,23). The van der Waals surface area contributed by atoms with Crippen molar-refractivity contribution in [1.29, 1.82) is 0 Å². The summed E-state index contributed by atoms with van der Waals surface area (Å²) in [6, 6.07) is 0.756. The maximum absolute atomic E-state index is 12.0. The Balaban J connectivity index is 2.10. The Labute approximate surface area is 178 Å². The molecule has 0 radical (unpaired) electrons. The molecule has 1 aliphatic heterocycles. The monoisotopic (exact) mass is 422 g/mol. The SMILES string of the molecule is CCOC(=O)C1CCN(c2ncnc(NCCN(C(C)C)C(C)C)c2[N+](=O)[O-])CC1. The second kappa shape index (κ2) is 11.1. The Bertz CT molecular complexity index is 711. The van der Waals surface area contributed by atoms with E-state index in [4.69, 9.17) is 4.74 Å². The Kier molecular flexibility index (Phi) is 8.76. The van der Waals surface area contributed by atoms with E-state index < -0.39 is 4.92 Å². The number of carbonyl (C=O) groups excluding carboxylic acids is 1. The first-order valence-corrected chi connectivity index (χ1v) is 10.7. The molecule has 0 aliphatic carbocycles. The van der Waals surface area contributed by atoms with Crippen molar-refractivity contribution >= 4 is 23.3 Å². The minimum atomic E-state index is -0.433. The fourth-order valence-corrected chi connectivity index (χ4v) is 3.90. The lowest BCUT2D eigenvalue weighted by molar-refractivity contribution is -0.383. The highest BCUT2D eigenvalue weighted by Crippen LogP contribution is 2.34. The molecule has 1 aliphatic rings. The van der Waals surface area contributed by atoms with Crippen LogP contribution in [0.15, 0.2) is 6.33 Å². The summed E-state index contributed by atoms with van der Waals surface area (Å²) in [5.74, 6) is 0.156. The highest BCUT2D eigenvalue weighted by atomic mass is 16.6. The predicted molar refractivity (Wildman–Crippen MR) is 116 cm³/mol. The number of anilines is 2. The molecule has 1 saturated heterocycles. The van der Waals surface area contributed by atoms with Crippen molar-refractivity contribution in [3.63, 3.8) is 0 Å². The van der Waals surface area contributed by atoms with Gasteiger partial charge in [-0.05, 0) is 47.5 Å². The molecule has 0 atom stereocenters. The number of esters is 1. The lowest BCUT2D eigenvalue weighted by Gasteiger charge is -2.31. The van der Waals surface area contributed by atoms with Crippen LogP contribution in [0.2, 0.25) is 0 Å². The van der Waals surface area contributed by atoms with Gasteiger partial charge in [-0.2, -0.15) is 0 Å². The molecule has 1 N–H and O–H groups in total. The first-order valence-electron chi connectivity index (χ1n) is 10.7. The van der Waals surface area contributed by atoms with Gasteiger partial charge in [-0.15, -0.1) is 0 Å². The molecule has 0 amide bonds. The van der Waals surface area contributed by atoms with Gasteiger partial charge < -0.3 is 15.0 Å². The summed E-state index contributed by atoms with van der Waals surface area (Å²) in [4.78, 5) is 35.8. The number of carbonyl (C=O) groups is 1. The van der Waals surface area contributed by atoms with Gasteiger partial charge in [0.25, 0.3) is 0 Å². The van der Waals surface area contributed by atoms with E-state index in [0.29, 0.717) is 57.0 Å². The van der Waals surface area contributed by atoms with Crippen LogP contribution in [0, 0.1) is 16.0 Å². The normalized spacial score (nSPS) is 15.1. The Morgan fingerprint density at radius 1 is 1.30 bits per heavy atom. The minimum absolute atomic E-state index is 0.118. The van der Waals surface area contributed by atoms with Crippen molar-refractivity contribution in [1.82, 2.24) is 14.9 Å². The molecule has 168 valence electrons. The number of nitrogens with zero attached hydrogens (tertiary/aromatic N) is 5. The highest BCUT2D eigenvalue weighted by molar-refractivity contribution is 5.74. The maximum atomic E-state index is 12.0. The van der Waals surface area contributed by atoms with Crippen LogP contribution in [0.25, 0.3) is 0 Å². The van der Waals surface area contributed by atoms with Crippen molar-refractivity contribution in [2.45, 2.75) is 59.5 Å². The van der Waals surface area contributed by atoms with E-state index in [9.17, 15) is 14.9 Å². The molecule has 1 aromatic heterocycles. The maximum Gasteiger partial charge on any atom is 0.353 e. The quantitative estimate of drug-likeness (QED) is 0.345. The van der Waals surface area contributed by atoms with Crippen LogP contribution in [-0.4, -0.2) is 70.6 Å². The topological polar surface area (TPSA) is 114 Å². The average Bonchev–Trinajstić information content (AvgIpc) is 2.70. The number of aromatic nitrogens is 2. The van der Waals surface area contributed by atoms with Crippen molar-refractivity contribution in [3.05, 3.63) is 16.4 Å². The van der Waals surface area contributed by atoms with E-state index in [1.807, 2.05) is 4.90 Å². The molecule has 2 heterocycles. The third kappa shape index (κ3) is 6.01. The summed E-state index contributed by atoms with van der Waals surface area (Å²) >= 11 is 0. The molecule has 0 spiro atoms. The number of nitro groups is 1. The molecule has 1 aromatic rings. The van der Waals surface area contributed by atoms with E-state index in [0.717, 1.165) is 6.54 Å². The lowest BCUT2D eigenvalue weighted by Crippen LogP contribution is -2.40. The second-order valence-electron chi connectivity index (χ2n) is 8.02. The van der Waals surface area contributed by atoms with Crippen LogP contribution < -0.4 is 10.2 Å². The second-order valence-corrected chi connectivity index (χ2v) is 8.02. The zero-order valence-corrected chi connectivity index (χ0v) is 18.6. The van der Waals surface area contributed by atoms with Crippen molar-refractivity contribution in [2.24, 2.45) is 5.92 Å². The van der Waals surface area contributed by atoms with Crippen molar-refractivity contribution in [2.75, 3.05) is 43.0 Å². The molecular weight excluding hydrogens is 388 g/mol. The van der Waals surface area contributed by atoms with Gasteiger partial charge >= 0.3 is 11.7 Å². The largest absolute Gasteiger partial charge is 0.466 e. The van der Waals surface area contributed by atoms with E-state index >= 15 is 0 Å². The average molecular weight is 423 g/mol. The minimum Gasteiger partial charge on any atom is -0.466 e. The Morgan fingerprint density at radius 3 is 2.47 bits per heavy atom. The molecule has 30 heavy (non-hydrogen) atoms. The van der Waals surface area contributed by atoms with Gasteiger partial charge in [-0.25, -0.2) is 9.97 Å². The van der Waals surface area contributed by atoms with Gasteiger partial charge in [0.1, 0.15) is 6.33 Å². The van der Waals surface area contributed by atoms with Crippen LogP contribution in [0.4, 0.5) is 17.3 Å². The van der Waals surface area contributed by atoms with E-state index in [1.165, 1.54) is 6.33 Å². The molecule has 0 saturated carbocycles. The summed E-state index contributed by atoms with van der Waals surface area (Å²) in [5, 5.41) is 15.0. The first kappa shape index (κ1) is 23.8. The fourth-order valence-electron chi connectivity index (χ4n) is 3.90. The summed E-state index contributed by atoms with van der Waals surface area (Å²) in [5.41, 5.74) is -0.118. The molecule has 10 heteroatoms. The third-order valence-corrected chi connectivity index (χ3v) is 5.39. The molecule has 10 nitrogen and oxygen atoms in total. The Hall–Kier alpha value is -2.49. The number of nitrogens with one attached hydrogen (secondary N) is 1. The lowest BCUT2D eigenvalue weighted by atomic mass is 9.97. The molecule has 0 aromatic carbocycles. The molecule has 0 unspecified atom stereocenters. The zero-order chi connectivity index (χ0) is 22.3. The van der Waals surface area contributed by atoms with Crippen LogP contribution in [-0.2, 0) is 9.53 Å². The summed E-state index contributed by atoms with van der Waals surface area (Å²) in [6.07, 6.45) is 2.52. The van der Waals surface area contributed by atoms with E-state index in [2.05, 4.69) is 47.9 Å². The van der Waals surface area contributed by atoms with Gasteiger partial charge in [0.2, 0.25) is 11.6 Å². The first-order chi connectivity index (χ1) is 14.3. The van der Waals surface area contributed by atoms with Gasteiger partial charge in [-0.3, -0.25) is 19.8 Å². The third-order valence-electron chi connectivity index (χ3n) is 5.39. The van der Waals surface area contributed by atoms with Gasteiger partial charge in [0.15, 0.2) is 0 Å². The fraction of sp³-hybridized carbons (Fsp3) is 0.750. The summed E-state index contributed by atoms with van der Waals surface area (Å²) < 4.78 is 5.10. The summed E-state index contributed by atoms with van der Waals surface area (Å²) in [7, 11) is 0. The Morgan fingerprint density at radius 2 is 1.93 bits per heavy atom. The number of piperidine rings is 1. The van der Waals surface area contributed by atoms with Crippen LogP contribution in [0.5, 0.6) is 0 Å². The smallest absolute Gasteiger partial charge is 0.353 e. The number of hydrogen-bond acceptors (Lipinski definition) is 9. The van der Waals surface area contributed by atoms with Crippen molar-refractivity contribution in [3.8, 4) is 0 Å². The van der Waals surface area contributed by atoms with Gasteiger partial charge in [0.05, 0.1) is 17.4 Å². The van der Waals surface area contributed by atoms with E-state index in [-0.39, 0.29) is 23.4 Å². The molecule has 0 bridgehead atoms. The molecule has 1 fully saturated rings. The van der Waals surface area contributed by atoms with Crippen molar-refractivity contribution < 1.29 is 14.5 Å². The van der Waals surface area contributed by atoms with Gasteiger partial charge in [-0.1, -0.05) is 0 Å². The summed E-state index contributed by atoms with van der Waals surface area (Å²) in [6.45, 7) is 13.0. The number of ether oxygens (including phenoxy) is 1. The zero-order valence-electron chi connectivity index (χ0n) is 18.6. The van der Waals surface area contributed by atoms with Gasteiger partial charge in [0, 0.05) is 38.3 Å². The van der Waals surface area contributed by atoms with E-state index in [1.54, 1.807) is 6.92 Å². The van der Waals surface area contributed by atoms with Crippen LogP contribution in [0.3, 0.4) is 0 Å². The molecular formula is C20H34N6O4. The highest BCUT2D eigenvalue weighted by Gasteiger charge is 2.32. The van der Waals surface area contributed by atoms with Crippen LogP contribution >= 0.6 is 0 Å². The number of rotatable bonds is 10. The predicted octanol–water partition coefficient (Wildman–Crippen LogP) is 2.70. The van der Waals surface area contributed by atoms with Crippen LogP contribution in [0.1, 0.15) is 47.5 Å².